The van der Waals surface area contributed by atoms with Crippen molar-refractivity contribution in [3.8, 4) is 0 Å². The summed E-state index contributed by atoms with van der Waals surface area (Å²) in [6.07, 6.45) is 0. The van der Waals surface area contributed by atoms with E-state index in [0.717, 1.165) is 0 Å². The molecule has 0 unspecified atom stereocenters. The van der Waals surface area contributed by atoms with Crippen LogP contribution in [0.2, 0.25) is 0 Å². The summed E-state index contributed by atoms with van der Waals surface area (Å²) < 4.78 is 0. The molecular weight excluding hydrogens is 309 g/mol. The third-order valence-electron chi connectivity index (χ3n) is 0. The molecule has 2 heteroatoms. The van der Waals surface area contributed by atoms with E-state index in [1.165, 1.54) is 0 Å². The summed E-state index contributed by atoms with van der Waals surface area (Å²) in [5.74, 6) is 0. The van der Waals surface area contributed by atoms with Crippen molar-refractivity contribution in [1.82, 2.24) is 0 Å². The Hall–Kier alpha value is 1.79. The molecule has 0 rings (SSSR count). The minimum atomic E-state index is 0. The molecule has 5 heavy (non-hydrogen) atoms. The van der Waals surface area contributed by atoms with Gasteiger partial charge in [-0.2, -0.15) is 0 Å². The van der Waals surface area contributed by atoms with E-state index in [-0.39, 0.29) is 76.1 Å². The fourth-order valence-electron chi connectivity index (χ4n) is 0. The molecule has 0 spiro atoms. The van der Waals surface area contributed by atoms with E-state index in [9.17, 15) is 0 Å². The van der Waals surface area contributed by atoms with Crippen LogP contribution in [0.25, 0.3) is 0 Å². The Bertz CT molecular complexity index is 6.85. The van der Waals surface area contributed by atoms with Crippen molar-refractivity contribution >= 4 is 0 Å². The summed E-state index contributed by atoms with van der Waals surface area (Å²) in [6.45, 7) is 0. The molecule has 0 nitrogen and oxygen atoms in total. The second-order valence-electron chi connectivity index (χ2n) is 0. The fourth-order valence-corrected chi connectivity index (χ4v) is 0. The molecule has 0 saturated heterocycles. The van der Waals surface area contributed by atoms with Crippen LogP contribution in [0.3, 0.4) is 0 Å². The minimum Gasteiger partial charge on any atom is -0.358 e. The van der Waals surface area contributed by atoms with Crippen molar-refractivity contribution in [2.45, 2.75) is 7.43 Å². The number of hydrogen-bond acceptors (Lipinski definition) is 0. The van der Waals surface area contributed by atoms with Gasteiger partial charge in [-0.1, -0.05) is 7.43 Å². The zero-order valence-corrected chi connectivity index (χ0v) is 8.76. The molecule has 0 amide bonds. The van der Waals surface area contributed by atoms with Crippen molar-refractivity contribution in [3.05, 3.63) is 14.9 Å². The van der Waals surface area contributed by atoms with Crippen molar-refractivity contribution < 1.29 is 53.8 Å². The average molecular weight is 319 g/mol. The first-order chi connectivity index (χ1) is 0. The van der Waals surface area contributed by atoms with Crippen LogP contribution in [-0.2, 0) is 53.8 Å². The van der Waals surface area contributed by atoms with Crippen LogP contribution >= 0.6 is 0 Å². The van der Waals surface area contributed by atoms with Gasteiger partial charge in [0.25, 0.3) is 0 Å². The van der Waals surface area contributed by atoms with E-state index in [1.54, 1.807) is 0 Å². The Morgan fingerprint density at radius 3 is 0.800 bits per heavy atom. The van der Waals surface area contributed by atoms with E-state index < -0.39 is 0 Å². The quantitative estimate of drug-likeness (QED) is 0.594. The second-order valence-corrected chi connectivity index (χ2v) is 0. The summed E-state index contributed by atoms with van der Waals surface area (Å²) in [5.41, 5.74) is 0. The molecule has 0 bridgehead atoms. The molecule has 0 aliphatic heterocycles. The molecule has 0 aliphatic rings. The van der Waals surface area contributed by atoms with Gasteiger partial charge in [0.1, 0.15) is 0 Å². The van der Waals surface area contributed by atoms with E-state index in [0.29, 0.717) is 0 Å². The Morgan fingerprint density at radius 1 is 0.800 bits per heavy atom. The van der Waals surface area contributed by atoms with E-state index in [1.807, 2.05) is 0 Å². The molecule has 0 atom stereocenters. The smallest absolute Gasteiger partial charge is 0 e. The molecule has 0 aromatic heterocycles. The maximum absolute atomic E-state index is 0. The SMILES string of the molecule is C.[CH3-].[CH3-].[W].[Y]. The molecular formula is C3H10WY-2. The van der Waals surface area contributed by atoms with Gasteiger partial charge in [-0.3, -0.25) is 0 Å². The maximum atomic E-state index is 0. The Morgan fingerprint density at radius 2 is 0.800 bits per heavy atom. The van der Waals surface area contributed by atoms with Gasteiger partial charge in [-0.05, 0) is 0 Å². The predicted molar refractivity (Wildman–Crippen MR) is 19.6 cm³/mol. The second kappa shape index (κ2) is 41.4. The normalized spacial score (nSPS) is 0. The minimum absolute atomic E-state index is 0. The van der Waals surface area contributed by atoms with Crippen LogP contribution < -0.4 is 0 Å². The molecule has 1 radical (unpaired) electrons. The summed E-state index contributed by atoms with van der Waals surface area (Å²) in [4.78, 5) is 0. The standard InChI is InChI=1S/CH4.2CH3.W.Y/h1H4;2*1H3;;/q;2*-1;;. The summed E-state index contributed by atoms with van der Waals surface area (Å²) >= 11 is 0. The van der Waals surface area contributed by atoms with Gasteiger partial charge in [0.05, 0.1) is 0 Å². The van der Waals surface area contributed by atoms with Gasteiger partial charge >= 0.3 is 0 Å². The van der Waals surface area contributed by atoms with Gasteiger partial charge < -0.3 is 14.9 Å². The van der Waals surface area contributed by atoms with Gasteiger partial charge in [-0.15, -0.1) is 0 Å². The average Bonchev–Trinajstić information content (AvgIpc) is 0. The molecule has 0 aromatic rings. The summed E-state index contributed by atoms with van der Waals surface area (Å²) in [7, 11) is 0. The molecule has 0 saturated carbocycles. The van der Waals surface area contributed by atoms with Crippen LogP contribution in [-0.4, -0.2) is 0 Å². The topological polar surface area (TPSA) is 0 Å². The third-order valence-corrected chi connectivity index (χ3v) is 0. The molecule has 33 valence electrons. The van der Waals surface area contributed by atoms with E-state index >= 15 is 0 Å². The fraction of sp³-hybridized carbons (Fsp3) is 0.333. The zero-order chi connectivity index (χ0) is 0. The van der Waals surface area contributed by atoms with Crippen LogP contribution in [0.15, 0.2) is 0 Å². The van der Waals surface area contributed by atoms with Crippen LogP contribution in [0.4, 0.5) is 0 Å². The van der Waals surface area contributed by atoms with Crippen LogP contribution in [0.5, 0.6) is 0 Å². The first-order valence-corrected chi connectivity index (χ1v) is 0. The Labute approximate surface area is 75.3 Å². The monoisotopic (exact) mass is 319 g/mol. The van der Waals surface area contributed by atoms with Crippen molar-refractivity contribution in [2.24, 2.45) is 0 Å². The third kappa shape index (κ3) is 25.9. The predicted octanol–water partition coefficient (Wildman–Crippen LogP) is 1.53. The molecule has 0 aliphatic carbocycles. The Kier molecular flexibility index (Phi) is 588. The van der Waals surface area contributed by atoms with Crippen LogP contribution in [0.1, 0.15) is 7.43 Å². The molecule has 0 heterocycles. The van der Waals surface area contributed by atoms with Gasteiger partial charge in [-0.25, -0.2) is 0 Å². The molecule has 0 N–H and O–H groups in total. The number of rotatable bonds is 0. The van der Waals surface area contributed by atoms with Crippen molar-refractivity contribution in [2.75, 3.05) is 0 Å². The largest absolute Gasteiger partial charge is 0.358 e. The van der Waals surface area contributed by atoms with Gasteiger partial charge in [0.2, 0.25) is 0 Å². The van der Waals surface area contributed by atoms with E-state index in [2.05, 4.69) is 0 Å². The summed E-state index contributed by atoms with van der Waals surface area (Å²) in [6, 6.07) is 0. The summed E-state index contributed by atoms with van der Waals surface area (Å²) in [5, 5.41) is 0. The van der Waals surface area contributed by atoms with E-state index in [4.69, 9.17) is 0 Å². The first-order valence-electron chi connectivity index (χ1n) is 0. The Balaban J connectivity index is 0. The maximum Gasteiger partial charge on any atom is 0 e. The number of hydrogen-bond donors (Lipinski definition) is 0. The zero-order valence-electron chi connectivity index (χ0n) is 2.99. The molecule has 0 fully saturated rings. The first kappa shape index (κ1) is 70.9. The van der Waals surface area contributed by atoms with Crippen molar-refractivity contribution in [1.29, 1.82) is 0 Å². The molecule has 0 aromatic carbocycles. The van der Waals surface area contributed by atoms with Gasteiger partial charge in [0, 0.05) is 53.8 Å². The van der Waals surface area contributed by atoms with Crippen LogP contribution in [0, 0.1) is 14.9 Å². The van der Waals surface area contributed by atoms with Crippen molar-refractivity contribution in [3.63, 3.8) is 0 Å². The van der Waals surface area contributed by atoms with Gasteiger partial charge in [0.15, 0.2) is 0 Å².